The summed E-state index contributed by atoms with van der Waals surface area (Å²) in [5.41, 5.74) is 5.91. The number of methoxy groups -OCH3 is 1. The Morgan fingerprint density at radius 2 is 1.95 bits per heavy atom. The maximum Gasteiger partial charge on any atom is 0.325 e. The molecule has 0 heterocycles. The Hall–Kier alpha value is -1.14. The van der Waals surface area contributed by atoms with Gasteiger partial charge in [-0.25, -0.2) is 0 Å². The summed E-state index contributed by atoms with van der Waals surface area (Å²) in [6, 6.07) is -0.601. The van der Waals surface area contributed by atoms with Gasteiger partial charge in [0.15, 0.2) is 0 Å². The van der Waals surface area contributed by atoms with Gasteiger partial charge in [0.25, 0.3) is 0 Å². The highest BCUT2D eigenvalue weighted by molar-refractivity contribution is 5.85. The lowest BCUT2D eigenvalue weighted by Crippen LogP contribution is -2.49. The van der Waals surface area contributed by atoms with Gasteiger partial charge in [-0.15, -0.1) is 0 Å². The number of rotatable bonds is 9. The number of hydrogen-bond acceptors (Lipinski definition) is 5. The SMILES string of the molecule is CCOC(=O)CN(CCOC)C(=O)[C@@H](N)[C@@H](C)CC. The van der Waals surface area contributed by atoms with Gasteiger partial charge in [-0.1, -0.05) is 20.3 Å². The van der Waals surface area contributed by atoms with Crippen molar-refractivity contribution in [2.24, 2.45) is 11.7 Å². The van der Waals surface area contributed by atoms with Crippen LogP contribution in [0, 0.1) is 5.92 Å². The largest absolute Gasteiger partial charge is 0.465 e. The molecule has 0 saturated carbocycles. The molecule has 2 atom stereocenters. The second-order valence-corrected chi connectivity index (χ2v) is 4.47. The molecule has 1 amide bonds. The third kappa shape index (κ3) is 6.54. The summed E-state index contributed by atoms with van der Waals surface area (Å²) in [6.45, 7) is 6.52. The van der Waals surface area contributed by atoms with Crippen molar-refractivity contribution in [3.63, 3.8) is 0 Å². The molecule has 112 valence electrons. The smallest absolute Gasteiger partial charge is 0.325 e. The van der Waals surface area contributed by atoms with Gasteiger partial charge in [0.2, 0.25) is 5.91 Å². The van der Waals surface area contributed by atoms with E-state index in [1.165, 1.54) is 4.90 Å². The summed E-state index contributed by atoms with van der Waals surface area (Å²) in [4.78, 5) is 25.1. The first-order valence-corrected chi connectivity index (χ1v) is 6.66. The first-order chi connectivity index (χ1) is 8.97. The molecule has 0 bridgehead atoms. The van der Waals surface area contributed by atoms with Crippen molar-refractivity contribution in [3.05, 3.63) is 0 Å². The molecule has 2 N–H and O–H groups in total. The van der Waals surface area contributed by atoms with Gasteiger partial charge in [-0.3, -0.25) is 9.59 Å². The van der Waals surface area contributed by atoms with E-state index in [-0.39, 0.29) is 18.4 Å². The van der Waals surface area contributed by atoms with E-state index in [4.69, 9.17) is 15.2 Å². The first kappa shape index (κ1) is 17.9. The Morgan fingerprint density at radius 1 is 1.32 bits per heavy atom. The molecule has 0 aliphatic rings. The fraction of sp³-hybridized carbons (Fsp3) is 0.846. The third-order valence-corrected chi connectivity index (χ3v) is 3.04. The molecule has 0 aromatic carbocycles. The van der Waals surface area contributed by atoms with E-state index in [1.807, 2.05) is 13.8 Å². The summed E-state index contributed by atoms with van der Waals surface area (Å²) in [5.74, 6) is -0.595. The summed E-state index contributed by atoms with van der Waals surface area (Å²) in [7, 11) is 1.54. The normalized spacial score (nSPS) is 13.7. The highest BCUT2D eigenvalue weighted by atomic mass is 16.5. The average Bonchev–Trinajstić information content (AvgIpc) is 2.41. The molecule has 6 heteroatoms. The van der Waals surface area contributed by atoms with Gasteiger partial charge >= 0.3 is 5.97 Å². The van der Waals surface area contributed by atoms with Crippen molar-refractivity contribution in [1.29, 1.82) is 0 Å². The number of amides is 1. The number of carbonyl (C=O) groups excluding carboxylic acids is 2. The molecule has 0 aromatic heterocycles. The lowest BCUT2D eigenvalue weighted by Gasteiger charge is -2.27. The molecule has 6 nitrogen and oxygen atoms in total. The van der Waals surface area contributed by atoms with Crippen molar-refractivity contribution >= 4 is 11.9 Å². The van der Waals surface area contributed by atoms with E-state index >= 15 is 0 Å². The van der Waals surface area contributed by atoms with Crippen LogP contribution in [-0.4, -0.2) is 56.2 Å². The summed E-state index contributed by atoms with van der Waals surface area (Å²) in [6.07, 6.45) is 0.810. The lowest BCUT2D eigenvalue weighted by atomic mass is 9.99. The van der Waals surface area contributed by atoms with Crippen molar-refractivity contribution in [2.45, 2.75) is 33.2 Å². The van der Waals surface area contributed by atoms with E-state index in [9.17, 15) is 9.59 Å². The predicted molar refractivity (Wildman–Crippen MR) is 72.5 cm³/mol. The zero-order chi connectivity index (χ0) is 14.8. The molecule has 0 aliphatic heterocycles. The number of ether oxygens (including phenoxy) is 2. The van der Waals surface area contributed by atoms with Crippen LogP contribution in [-0.2, 0) is 19.1 Å². The molecule has 0 spiro atoms. The number of hydrogen-bond donors (Lipinski definition) is 1. The van der Waals surface area contributed by atoms with Gasteiger partial charge in [-0.2, -0.15) is 0 Å². The van der Waals surface area contributed by atoms with E-state index in [1.54, 1.807) is 14.0 Å². The predicted octanol–water partition coefficient (Wildman–Crippen LogP) is 0.398. The van der Waals surface area contributed by atoms with Crippen molar-refractivity contribution < 1.29 is 19.1 Å². The quantitative estimate of drug-likeness (QED) is 0.615. The Bertz CT molecular complexity index is 284. The van der Waals surface area contributed by atoms with Crippen molar-refractivity contribution in [2.75, 3.05) is 33.4 Å². The Kier molecular flexibility index (Phi) is 9.16. The second kappa shape index (κ2) is 9.75. The van der Waals surface area contributed by atoms with Crippen LogP contribution in [0.4, 0.5) is 0 Å². The standard InChI is InChI=1S/C13H26N2O4/c1-5-10(3)12(14)13(17)15(7-8-18-4)9-11(16)19-6-2/h10,12H,5-9,14H2,1-4H3/t10-,12-/m0/s1. The molecule has 19 heavy (non-hydrogen) atoms. The van der Waals surface area contributed by atoms with Gasteiger partial charge in [0, 0.05) is 13.7 Å². The molecule has 0 fully saturated rings. The summed E-state index contributed by atoms with van der Waals surface area (Å²) >= 11 is 0. The first-order valence-electron chi connectivity index (χ1n) is 6.66. The zero-order valence-corrected chi connectivity index (χ0v) is 12.3. The van der Waals surface area contributed by atoms with E-state index in [2.05, 4.69) is 0 Å². The van der Waals surface area contributed by atoms with Gasteiger partial charge in [0.05, 0.1) is 19.3 Å². The van der Waals surface area contributed by atoms with Crippen LogP contribution < -0.4 is 5.73 Å². The van der Waals surface area contributed by atoms with Crippen LogP contribution in [0.25, 0.3) is 0 Å². The van der Waals surface area contributed by atoms with E-state index < -0.39 is 12.0 Å². The molecule has 0 aliphatic carbocycles. The van der Waals surface area contributed by atoms with Crippen LogP contribution >= 0.6 is 0 Å². The minimum absolute atomic E-state index is 0.0692. The third-order valence-electron chi connectivity index (χ3n) is 3.04. The van der Waals surface area contributed by atoms with Crippen LogP contribution in [0.5, 0.6) is 0 Å². The molecular weight excluding hydrogens is 248 g/mol. The van der Waals surface area contributed by atoms with Crippen LogP contribution in [0.3, 0.4) is 0 Å². The highest BCUT2D eigenvalue weighted by Crippen LogP contribution is 2.08. The van der Waals surface area contributed by atoms with Crippen LogP contribution in [0.15, 0.2) is 0 Å². The van der Waals surface area contributed by atoms with Gasteiger partial charge < -0.3 is 20.1 Å². The Morgan fingerprint density at radius 3 is 2.42 bits per heavy atom. The van der Waals surface area contributed by atoms with Gasteiger partial charge in [-0.05, 0) is 12.8 Å². The molecule has 0 rings (SSSR count). The Labute approximate surface area is 115 Å². The fourth-order valence-electron chi connectivity index (χ4n) is 1.54. The maximum atomic E-state index is 12.2. The minimum atomic E-state index is -0.601. The zero-order valence-electron chi connectivity index (χ0n) is 12.3. The average molecular weight is 274 g/mol. The van der Waals surface area contributed by atoms with Crippen LogP contribution in [0.2, 0.25) is 0 Å². The minimum Gasteiger partial charge on any atom is -0.465 e. The molecule has 0 radical (unpaired) electrons. The molecule has 0 unspecified atom stereocenters. The number of carbonyl (C=O) groups is 2. The van der Waals surface area contributed by atoms with E-state index in [0.29, 0.717) is 19.8 Å². The van der Waals surface area contributed by atoms with Gasteiger partial charge in [0.1, 0.15) is 6.54 Å². The second-order valence-electron chi connectivity index (χ2n) is 4.47. The van der Waals surface area contributed by atoms with Crippen LogP contribution in [0.1, 0.15) is 27.2 Å². The van der Waals surface area contributed by atoms with Crippen molar-refractivity contribution in [3.8, 4) is 0 Å². The molecule has 0 saturated heterocycles. The fourth-order valence-corrected chi connectivity index (χ4v) is 1.54. The number of nitrogens with zero attached hydrogens (tertiary/aromatic N) is 1. The Balaban J connectivity index is 4.63. The molecular formula is C13H26N2O4. The lowest BCUT2D eigenvalue weighted by molar-refractivity contribution is -0.150. The summed E-state index contributed by atoms with van der Waals surface area (Å²) < 4.78 is 9.80. The summed E-state index contributed by atoms with van der Waals surface area (Å²) in [5, 5.41) is 0. The maximum absolute atomic E-state index is 12.2. The monoisotopic (exact) mass is 274 g/mol. The van der Waals surface area contributed by atoms with E-state index in [0.717, 1.165) is 6.42 Å². The molecule has 0 aromatic rings. The number of nitrogens with two attached hydrogens (primary N) is 1. The number of esters is 1. The highest BCUT2D eigenvalue weighted by Gasteiger charge is 2.26. The topological polar surface area (TPSA) is 81.9 Å². The van der Waals surface area contributed by atoms with Crippen molar-refractivity contribution in [1.82, 2.24) is 4.90 Å².